The van der Waals surface area contributed by atoms with Crippen LogP contribution in [0.5, 0.6) is 0 Å². The van der Waals surface area contributed by atoms with Gasteiger partial charge in [0.1, 0.15) is 5.84 Å². The molecule has 112 valence electrons. The number of nitrogens with two attached hydrogens (primary N) is 1. The van der Waals surface area contributed by atoms with Crippen LogP contribution in [0, 0.1) is 5.41 Å². The molecule has 3 aromatic heterocycles. The molecule has 0 aliphatic rings. The average molecular weight is 294 g/mol. The molecular formula is C16H18N6. The Morgan fingerprint density at radius 1 is 1.14 bits per heavy atom. The molecule has 0 bridgehead atoms. The highest BCUT2D eigenvalue weighted by Gasteiger charge is 2.22. The topological polar surface area (TPSA) is 93.0 Å². The van der Waals surface area contributed by atoms with Crippen LogP contribution in [0.1, 0.15) is 32.2 Å². The molecular weight excluding hydrogens is 276 g/mol. The van der Waals surface area contributed by atoms with Crippen LogP contribution in [-0.4, -0.2) is 25.4 Å². The van der Waals surface area contributed by atoms with Crippen LogP contribution in [0.25, 0.3) is 16.9 Å². The van der Waals surface area contributed by atoms with Gasteiger partial charge in [0.25, 0.3) is 0 Å². The van der Waals surface area contributed by atoms with Crippen molar-refractivity contribution in [2.45, 2.75) is 26.2 Å². The molecule has 0 fully saturated rings. The number of amidine groups is 1. The number of nitrogens with one attached hydrogen (secondary N) is 1. The van der Waals surface area contributed by atoms with Crippen molar-refractivity contribution in [1.29, 1.82) is 5.41 Å². The highest BCUT2D eigenvalue weighted by atomic mass is 15.3. The van der Waals surface area contributed by atoms with Gasteiger partial charge in [-0.2, -0.15) is 5.10 Å². The van der Waals surface area contributed by atoms with Crippen molar-refractivity contribution in [2.24, 2.45) is 5.73 Å². The summed E-state index contributed by atoms with van der Waals surface area (Å²) in [6.45, 7) is 6.17. The average Bonchev–Trinajstić information content (AvgIpc) is 2.92. The van der Waals surface area contributed by atoms with E-state index in [1.54, 1.807) is 16.9 Å². The smallest absolute Gasteiger partial charge is 0.167 e. The van der Waals surface area contributed by atoms with Crippen molar-refractivity contribution in [2.75, 3.05) is 0 Å². The van der Waals surface area contributed by atoms with E-state index in [0.717, 1.165) is 17.1 Å². The number of fused-ring (bicyclic) bond motifs is 1. The monoisotopic (exact) mass is 294 g/mol. The first kappa shape index (κ1) is 14.2. The summed E-state index contributed by atoms with van der Waals surface area (Å²) in [6.07, 6.45) is 3.48. The molecule has 0 radical (unpaired) electrons. The van der Waals surface area contributed by atoms with E-state index in [4.69, 9.17) is 11.1 Å². The Morgan fingerprint density at radius 2 is 1.82 bits per heavy atom. The molecule has 0 atom stereocenters. The van der Waals surface area contributed by atoms with Crippen LogP contribution in [0.2, 0.25) is 0 Å². The van der Waals surface area contributed by atoms with Crippen molar-refractivity contribution >= 4 is 11.5 Å². The first-order valence-electron chi connectivity index (χ1n) is 7.03. The van der Waals surface area contributed by atoms with Gasteiger partial charge in [0.2, 0.25) is 0 Å². The second kappa shape index (κ2) is 4.91. The third-order valence-corrected chi connectivity index (χ3v) is 3.42. The van der Waals surface area contributed by atoms with Crippen LogP contribution in [-0.2, 0) is 5.41 Å². The Bertz CT molecular complexity index is 842. The Morgan fingerprint density at radius 3 is 2.41 bits per heavy atom. The van der Waals surface area contributed by atoms with Gasteiger partial charge < -0.3 is 5.73 Å². The Kier molecular flexibility index (Phi) is 3.16. The zero-order chi connectivity index (χ0) is 15.9. The van der Waals surface area contributed by atoms with Crippen LogP contribution in [0.4, 0.5) is 0 Å². The molecule has 0 spiro atoms. The summed E-state index contributed by atoms with van der Waals surface area (Å²) in [6, 6.07) is 7.55. The SMILES string of the molecule is CC(C)(C)c1nc2c(C(=N)N)ccc(-c3ccncc3)n2n1. The standard InChI is InChI=1S/C16H18N6/c1-16(2,3)15-20-14-11(13(17)18)4-5-12(22(14)21-15)10-6-8-19-9-7-10/h4-9H,1-3H3,(H3,17,18). The summed E-state index contributed by atoms with van der Waals surface area (Å²) in [4.78, 5) is 8.65. The van der Waals surface area contributed by atoms with Gasteiger partial charge in [0, 0.05) is 23.4 Å². The van der Waals surface area contributed by atoms with Gasteiger partial charge in [-0.1, -0.05) is 20.8 Å². The molecule has 3 rings (SSSR count). The largest absolute Gasteiger partial charge is 0.384 e. The van der Waals surface area contributed by atoms with Gasteiger partial charge in [0.15, 0.2) is 11.5 Å². The van der Waals surface area contributed by atoms with E-state index >= 15 is 0 Å². The number of nitrogens with zero attached hydrogens (tertiary/aromatic N) is 4. The normalized spacial score (nSPS) is 11.8. The van der Waals surface area contributed by atoms with Crippen molar-refractivity contribution in [3.05, 3.63) is 48.0 Å². The van der Waals surface area contributed by atoms with Crippen molar-refractivity contribution in [3.63, 3.8) is 0 Å². The van der Waals surface area contributed by atoms with Gasteiger partial charge in [-0.05, 0) is 24.3 Å². The molecule has 0 aliphatic carbocycles. The van der Waals surface area contributed by atoms with Gasteiger partial charge >= 0.3 is 0 Å². The number of pyridine rings is 2. The van der Waals surface area contributed by atoms with Crippen LogP contribution in [0.3, 0.4) is 0 Å². The zero-order valence-electron chi connectivity index (χ0n) is 12.8. The summed E-state index contributed by atoms with van der Waals surface area (Å²) >= 11 is 0. The fourth-order valence-corrected chi connectivity index (χ4v) is 2.23. The third kappa shape index (κ3) is 2.32. The Hall–Kier alpha value is -2.76. The summed E-state index contributed by atoms with van der Waals surface area (Å²) < 4.78 is 1.76. The molecule has 3 N–H and O–H groups in total. The van der Waals surface area contributed by atoms with E-state index in [0.29, 0.717) is 11.2 Å². The summed E-state index contributed by atoms with van der Waals surface area (Å²) in [5.74, 6) is 0.704. The molecule has 0 saturated heterocycles. The maximum absolute atomic E-state index is 7.74. The highest BCUT2D eigenvalue weighted by Crippen LogP contribution is 2.25. The lowest BCUT2D eigenvalue weighted by molar-refractivity contribution is 0.545. The van der Waals surface area contributed by atoms with Gasteiger partial charge in [0.05, 0.1) is 11.3 Å². The molecule has 6 nitrogen and oxygen atoms in total. The Balaban J connectivity index is 2.34. The lowest BCUT2D eigenvalue weighted by atomic mass is 9.96. The maximum atomic E-state index is 7.74. The minimum atomic E-state index is -0.185. The molecule has 6 heteroatoms. The molecule has 0 aromatic carbocycles. The van der Waals surface area contributed by atoms with E-state index in [2.05, 4.69) is 35.8 Å². The van der Waals surface area contributed by atoms with Crippen molar-refractivity contribution in [3.8, 4) is 11.3 Å². The first-order valence-corrected chi connectivity index (χ1v) is 7.03. The molecule has 3 aromatic rings. The van der Waals surface area contributed by atoms with E-state index in [9.17, 15) is 0 Å². The molecule has 0 amide bonds. The number of nitrogen functional groups attached to an aromatic ring is 1. The quantitative estimate of drug-likeness (QED) is 0.560. The molecule has 0 saturated carbocycles. The summed E-state index contributed by atoms with van der Waals surface area (Å²) in [5, 5.41) is 12.4. The van der Waals surface area contributed by atoms with Gasteiger partial charge in [-0.15, -0.1) is 0 Å². The van der Waals surface area contributed by atoms with Crippen LogP contribution in [0.15, 0.2) is 36.7 Å². The van der Waals surface area contributed by atoms with Crippen molar-refractivity contribution < 1.29 is 0 Å². The number of rotatable bonds is 2. The van der Waals surface area contributed by atoms with E-state index < -0.39 is 0 Å². The third-order valence-electron chi connectivity index (χ3n) is 3.42. The second-order valence-electron chi connectivity index (χ2n) is 6.20. The van der Waals surface area contributed by atoms with Gasteiger partial charge in [-0.25, -0.2) is 9.50 Å². The minimum Gasteiger partial charge on any atom is -0.384 e. The molecule has 22 heavy (non-hydrogen) atoms. The maximum Gasteiger partial charge on any atom is 0.167 e. The number of hydrogen-bond donors (Lipinski definition) is 2. The molecule has 0 aliphatic heterocycles. The highest BCUT2D eigenvalue weighted by molar-refractivity contribution is 6.00. The van der Waals surface area contributed by atoms with E-state index in [1.807, 2.05) is 24.3 Å². The molecule has 0 unspecified atom stereocenters. The number of aromatic nitrogens is 4. The summed E-state index contributed by atoms with van der Waals surface area (Å²) in [7, 11) is 0. The Labute approximate surface area is 128 Å². The van der Waals surface area contributed by atoms with Crippen LogP contribution >= 0.6 is 0 Å². The van der Waals surface area contributed by atoms with Crippen molar-refractivity contribution in [1.82, 2.24) is 19.6 Å². The van der Waals surface area contributed by atoms with E-state index in [-0.39, 0.29) is 11.3 Å². The van der Waals surface area contributed by atoms with Gasteiger partial charge in [-0.3, -0.25) is 10.4 Å². The van der Waals surface area contributed by atoms with Crippen LogP contribution < -0.4 is 5.73 Å². The lowest BCUT2D eigenvalue weighted by Gasteiger charge is -2.11. The van der Waals surface area contributed by atoms with E-state index in [1.165, 1.54) is 0 Å². The first-order chi connectivity index (χ1) is 10.4. The second-order valence-corrected chi connectivity index (χ2v) is 6.20. The molecule has 3 heterocycles. The number of hydrogen-bond acceptors (Lipinski definition) is 4. The minimum absolute atomic E-state index is 0.0147. The predicted molar refractivity (Wildman–Crippen MR) is 85.9 cm³/mol. The summed E-state index contributed by atoms with van der Waals surface area (Å²) in [5.41, 5.74) is 8.56. The lowest BCUT2D eigenvalue weighted by Crippen LogP contribution is -2.13. The fourth-order valence-electron chi connectivity index (χ4n) is 2.23. The zero-order valence-corrected chi connectivity index (χ0v) is 12.8. The predicted octanol–water partition coefficient (Wildman–Crippen LogP) is 2.37. The fraction of sp³-hybridized carbons (Fsp3) is 0.250.